The smallest absolute Gasteiger partial charge is 0.214 e. The molecule has 0 amide bonds. The number of benzene rings is 3. The lowest BCUT2D eigenvalue weighted by Crippen LogP contribution is -2.31. The zero-order valence-electron chi connectivity index (χ0n) is 26.0. The van der Waals surface area contributed by atoms with Crippen LogP contribution in [0.4, 0.5) is 0 Å². The van der Waals surface area contributed by atoms with E-state index in [0.717, 1.165) is 88.5 Å². The summed E-state index contributed by atoms with van der Waals surface area (Å²) in [5.41, 5.74) is 11.0. The number of aryl methyl sites for hydroxylation is 2. The summed E-state index contributed by atoms with van der Waals surface area (Å²) in [6, 6.07) is 29.5. The van der Waals surface area contributed by atoms with Crippen molar-refractivity contribution in [2.45, 2.75) is 51.9 Å². The van der Waals surface area contributed by atoms with Crippen molar-refractivity contribution in [2.24, 2.45) is 0 Å². The van der Waals surface area contributed by atoms with Crippen LogP contribution in [-0.4, -0.2) is 38.8 Å². The normalized spacial score (nSPS) is 16.1. The molecule has 0 N–H and O–H groups in total. The van der Waals surface area contributed by atoms with Crippen LogP contribution in [0.15, 0.2) is 97.3 Å². The topological polar surface area (TPSA) is 71.3 Å². The van der Waals surface area contributed by atoms with Crippen LogP contribution >= 0.6 is 0 Å². The number of pyridine rings is 2. The van der Waals surface area contributed by atoms with Gasteiger partial charge in [-0.2, -0.15) is 0 Å². The average molecular weight is 609 g/mol. The summed E-state index contributed by atoms with van der Waals surface area (Å²) in [4.78, 5) is 14.3. The highest BCUT2D eigenvalue weighted by molar-refractivity contribution is 5.77. The minimum Gasteiger partial charge on any atom is -0.493 e. The lowest BCUT2D eigenvalue weighted by Gasteiger charge is -2.27. The van der Waals surface area contributed by atoms with Crippen molar-refractivity contribution in [2.75, 3.05) is 13.2 Å². The van der Waals surface area contributed by atoms with Gasteiger partial charge in [-0.3, -0.25) is 4.98 Å². The van der Waals surface area contributed by atoms with Gasteiger partial charge in [0.1, 0.15) is 18.2 Å². The van der Waals surface area contributed by atoms with Crippen molar-refractivity contribution in [3.63, 3.8) is 0 Å². The maximum atomic E-state index is 6.61. The summed E-state index contributed by atoms with van der Waals surface area (Å²) in [6.07, 6.45) is 7.41. The van der Waals surface area contributed by atoms with Crippen LogP contribution in [-0.2, 0) is 30.7 Å². The molecule has 46 heavy (non-hydrogen) atoms. The lowest BCUT2D eigenvalue weighted by atomic mass is 9.97. The molecule has 7 heteroatoms. The Hall–Kier alpha value is -5.01. The fourth-order valence-corrected chi connectivity index (χ4v) is 6.38. The van der Waals surface area contributed by atoms with Crippen molar-refractivity contribution in [1.82, 2.24) is 19.5 Å². The van der Waals surface area contributed by atoms with E-state index in [1.165, 1.54) is 11.1 Å². The SMILES string of the molecule is Cc1ccc2nc(Cc3ccc4cc3OCCCc3cc(-c5cccnc5)ccc3COc3cccc-4n3)n(CC3CCO3)c2c1. The Bertz CT molecular complexity index is 2020. The minimum atomic E-state index is 0.232. The molecule has 1 fully saturated rings. The molecule has 0 saturated carbocycles. The van der Waals surface area contributed by atoms with Gasteiger partial charge >= 0.3 is 0 Å². The van der Waals surface area contributed by atoms with Gasteiger partial charge in [0.25, 0.3) is 0 Å². The van der Waals surface area contributed by atoms with Crippen LogP contribution in [0.25, 0.3) is 33.4 Å². The van der Waals surface area contributed by atoms with Crippen LogP contribution in [0.5, 0.6) is 11.6 Å². The van der Waals surface area contributed by atoms with Crippen LogP contribution in [0, 0.1) is 6.92 Å². The van der Waals surface area contributed by atoms with E-state index in [9.17, 15) is 0 Å². The summed E-state index contributed by atoms with van der Waals surface area (Å²) in [6.45, 7) is 4.82. The van der Waals surface area contributed by atoms with Crippen molar-refractivity contribution < 1.29 is 14.2 Å². The molecule has 3 aromatic heterocycles. The molecule has 3 aromatic carbocycles. The first-order valence-electron chi connectivity index (χ1n) is 16.1. The summed E-state index contributed by atoms with van der Waals surface area (Å²) >= 11 is 0. The van der Waals surface area contributed by atoms with Gasteiger partial charge in [-0.15, -0.1) is 0 Å². The van der Waals surface area contributed by atoms with Crippen LogP contribution < -0.4 is 9.47 Å². The standard InChI is InChI=1S/C39H36N4O3/c1-26-9-14-35-36(19-26)43(24-33-15-18-44-33)38(41-35)22-30-12-11-29-21-37(30)45-17-4-6-27-20-28(31-5-3-16-40-23-31)10-13-32(27)25-46-39-8-2-7-34(29)42-39/h2-3,5,7-14,16,19-21,23,33H,4,6,15,17-18,22,24-25H2,1H3. The van der Waals surface area contributed by atoms with E-state index in [1.54, 1.807) is 6.20 Å². The predicted molar refractivity (Wildman–Crippen MR) is 179 cm³/mol. The Balaban J connectivity index is 1.13. The molecule has 0 spiro atoms. The predicted octanol–water partition coefficient (Wildman–Crippen LogP) is 7.75. The first-order chi connectivity index (χ1) is 22.7. The Morgan fingerprint density at radius 3 is 2.63 bits per heavy atom. The number of aromatic nitrogens is 4. The van der Waals surface area contributed by atoms with Gasteiger partial charge in [0, 0.05) is 42.6 Å². The molecule has 8 rings (SSSR count). The van der Waals surface area contributed by atoms with Crippen LogP contribution in [0.3, 0.4) is 0 Å². The maximum absolute atomic E-state index is 6.61. The van der Waals surface area contributed by atoms with E-state index in [4.69, 9.17) is 24.2 Å². The molecule has 6 aromatic rings. The van der Waals surface area contributed by atoms with E-state index in [0.29, 0.717) is 25.5 Å². The highest BCUT2D eigenvalue weighted by Gasteiger charge is 2.23. The Kier molecular flexibility index (Phi) is 7.68. The molecule has 230 valence electrons. The number of hydrogen-bond donors (Lipinski definition) is 0. The summed E-state index contributed by atoms with van der Waals surface area (Å²) in [5.74, 6) is 2.49. The lowest BCUT2D eigenvalue weighted by molar-refractivity contribution is -0.0589. The van der Waals surface area contributed by atoms with Crippen molar-refractivity contribution in [3.8, 4) is 34.0 Å². The number of nitrogens with zero attached hydrogens (tertiary/aromatic N) is 4. The van der Waals surface area contributed by atoms with Crippen molar-refractivity contribution >= 4 is 11.0 Å². The fourth-order valence-electron chi connectivity index (χ4n) is 6.38. The Morgan fingerprint density at radius 1 is 0.826 bits per heavy atom. The van der Waals surface area contributed by atoms with Gasteiger partial charge in [0.2, 0.25) is 5.88 Å². The van der Waals surface area contributed by atoms with Crippen LogP contribution in [0.2, 0.25) is 0 Å². The van der Waals surface area contributed by atoms with E-state index in [-0.39, 0.29) is 6.10 Å². The third kappa shape index (κ3) is 5.86. The largest absolute Gasteiger partial charge is 0.493 e. The van der Waals surface area contributed by atoms with Crippen molar-refractivity contribution in [1.29, 1.82) is 0 Å². The highest BCUT2D eigenvalue weighted by Crippen LogP contribution is 2.32. The molecule has 5 heterocycles. The summed E-state index contributed by atoms with van der Waals surface area (Å²) < 4.78 is 21.1. The molecular formula is C39H36N4O3. The third-order valence-electron chi connectivity index (χ3n) is 9.02. The maximum Gasteiger partial charge on any atom is 0.214 e. The number of ether oxygens (including phenoxy) is 3. The first-order valence-corrected chi connectivity index (χ1v) is 16.1. The van der Waals surface area contributed by atoms with Gasteiger partial charge < -0.3 is 18.8 Å². The summed E-state index contributed by atoms with van der Waals surface area (Å²) in [5, 5.41) is 0. The third-order valence-corrected chi connectivity index (χ3v) is 9.02. The second kappa shape index (κ2) is 12.4. The molecular weight excluding hydrogens is 572 g/mol. The molecule has 1 saturated heterocycles. The molecule has 1 atom stereocenters. The monoisotopic (exact) mass is 608 g/mol. The second-order valence-electron chi connectivity index (χ2n) is 12.2. The van der Waals surface area contributed by atoms with E-state index >= 15 is 0 Å². The van der Waals surface area contributed by atoms with Gasteiger partial charge in [0.15, 0.2) is 0 Å². The van der Waals surface area contributed by atoms with E-state index in [2.05, 4.69) is 77.1 Å². The fraction of sp³-hybridized carbons (Fsp3) is 0.256. The van der Waals surface area contributed by atoms with Gasteiger partial charge in [0.05, 0.1) is 36.0 Å². The van der Waals surface area contributed by atoms with Gasteiger partial charge in [-0.1, -0.05) is 48.5 Å². The van der Waals surface area contributed by atoms with Gasteiger partial charge in [-0.25, -0.2) is 9.97 Å². The van der Waals surface area contributed by atoms with Crippen molar-refractivity contribution in [3.05, 3.63) is 125 Å². The van der Waals surface area contributed by atoms with E-state index < -0.39 is 0 Å². The average Bonchev–Trinajstić information content (AvgIpc) is 3.40. The minimum absolute atomic E-state index is 0.232. The van der Waals surface area contributed by atoms with E-state index in [1.807, 2.05) is 30.5 Å². The Labute approximate surface area is 268 Å². The molecule has 7 nitrogen and oxygen atoms in total. The zero-order valence-corrected chi connectivity index (χ0v) is 26.0. The molecule has 4 bridgehead atoms. The Morgan fingerprint density at radius 2 is 1.76 bits per heavy atom. The van der Waals surface area contributed by atoms with Gasteiger partial charge in [-0.05, 0) is 84.3 Å². The second-order valence-corrected chi connectivity index (χ2v) is 12.2. The number of hydrogen-bond acceptors (Lipinski definition) is 6. The molecule has 2 aliphatic rings. The number of imidazole rings is 1. The molecule has 0 aliphatic carbocycles. The number of fused-ring (bicyclic) bond motifs is 7. The molecule has 1 unspecified atom stereocenters. The van der Waals surface area contributed by atoms with Crippen LogP contribution in [0.1, 0.15) is 40.9 Å². The first kappa shape index (κ1) is 28.5. The zero-order chi connectivity index (χ0) is 30.9. The molecule has 0 radical (unpaired) electrons. The number of rotatable bonds is 5. The quantitative estimate of drug-likeness (QED) is 0.199. The highest BCUT2D eigenvalue weighted by atomic mass is 16.5. The summed E-state index contributed by atoms with van der Waals surface area (Å²) in [7, 11) is 0. The molecule has 2 aliphatic heterocycles.